The minimum atomic E-state index is -0.519. The largest absolute Gasteiger partial charge is 0.438 e. The number of nitrogens with zero attached hydrogens (tertiary/aromatic N) is 4. The maximum Gasteiger partial charge on any atom is 0.292 e. The summed E-state index contributed by atoms with van der Waals surface area (Å²) in [5, 5.41) is 0. The van der Waals surface area contributed by atoms with E-state index in [-0.39, 0.29) is 11.7 Å². The monoisotopic (exact) mass is 349 g/mol. The first-order chi connectivity index (χ1) is 12.7. The van der Waals surface area contributed by atoms with Crippen molar-refractivity contribution in [3.8, 4) is 0 Å². The highest BCUT2D eigenvalue weighted by Gasteiger charge is 2.39. The zero-order chi connectivity index (χ0) is 17.7. The number of carbonyl (C=O) groups excluding carboxylic acids is 1. The molecule has 8 heteroatoms. The average molecular weight is 349 g/mol. The first-order valence-electron chi connectivity index (χ1n) is 8.31. The second-order valence-electron chi connectivity index (χ2n) is 6.20. The number of para-hydroxylation sites is 2. The number of fused-ring (bicyclic) bond motifs is 2. The molecule has 8 nitrogen and oxygen atoms in total. The zero-order valence-electron chi connectivity index (χ0n) is 14.0. The number of aromatic nitrogens is 4. The molecule has 5 rings (SSSR count). The molecule has 1 aliphatic rings. The molecule has 1 N–H and O–H groups in total. The van der Waals surface area contributed by atoms with Crippen molar-refractivity contribution in [2.45, 2.75) is 19.4 Å². The Morgan fingerprint density at radius 2 is 2.19 bits per heavy atom. The van der Waals surface area contributed by atoms with Crippen LogP contribution in [0.15, 0.2) is 45.8 Å². The number of hydrogen-bond donors (Lipinski definition) is 1. The Kier molecular flexibility index (Phi) is 3.18. The number of hydrogen-bond acceptors (Lipinski definition) is 6. The smallest absolute Gasteiger partial charge is 0.292 e. The maximum absolute atomic E-state index is 13.1. The summed E-state index contributed by atoms with van der Waals surface area (Å²) in [7, 11) is 0. The van der Waals surface area contributed by atoms with Crippen LogP contribution >= 0.6 is 0 Å². The number of carbonyl (C=O) groups is 1. The van der Waals surface area contributed by atoms with Crippen molar-refractivity contribution in [2.24, 2.45) is 0 Å². The fourth-order valence-electron chi connectivity index (χ4n) is 3.39. The number of aromatic amines is 1. The van der Waals surface area contributed by atoms with Gasteiger partial charge in [0.1, 0.15) is 5.52 Å². The van der Waals surface area contributed by atoms with Gasteiger partial charge < -0.3 is 18.7 Å². The van der Waals surface area contributed by atoms with E-state index in [0.29, 0.717) is 30.1 Å². The number of H-pyrrole nitrogens is 1. The van der Waals surface area contributed by atoms with Gasteiger partial charge in [-0.1, -0.05) is 12.1 Å². The molecule has 3 aromatic heterocycles. The van der Waals surface area contributed by atoms with Crippen molar-refractivity contribution in [3.05, 3.63) is 65.7 Å². The third-order valence-corrected chi connectivity index (χ3v) is 4.67. The number of imidazole rings is 1. The maximum atomic E-state index is 13.1. The van der Waals surface area contributed by atoms with Crippen molar-refractivity contribution in [2.75, 3.05) is 6.54 Å². The summed E-state index contributed by atoms with van der Waals surface area (Å²) < 4.78 is 11.3. The lowest BCUT2D eigenvalue weighted by molar-refractivity contribution is 0.0634. The summed E-state index contributed by atoms with van der Waals surface area (Å²) in [5.74, 6) is 0.413. The van der Waals surface area contributed by atoms with Gasteiger partial charge in [0.15, 0.2) is 18.0 Å². The molecule has 0 spiro atoms. The predicted molar refractivity (Wildman–Crippen MR) is 90.4 cm³/mol. The van der Waals surface area contributed by atoms with Crippen LogP contribution in [0.3, 0.4) is 0 Å². The highest BCUT2D eigenvalue weighted by atomic mass is 16.4. The summed E-state index contributed by atoms with van der Waals surface area (Å²) in [5.41, 5.74) is 3.70. The van der Waals surface area contributed by atoms with Gasteiger partial charge in [-0.15, -0.1) is 0 Å². The van der Waals surface area contributed by atoms with E-state index in [1.807, 2.05) is 24.3 Å². The van der Waals surface area contributed by atoms with E-state index in [2.05, 4.69) is 19.9 Å². The molecule has 1 aliphatic heterocycles. The van der Waals surface area contributed by atoms with Gasteiger partial charge >= 0.3 is 0 Å². The Balaban J connectivity index is 1.64. The van der Waals surface area contributed by atoms with E-state index in [1.54, 1.807) is 18.2 Å². The summed E-state index contributed by atoms with van der Waals surface area (Å²) in [6.45, 7) is 2.24. The minimum absolute atomic E-state index is 0.227. The second kappa shape index (κ2) is 5.55. The standard InChI is InChI=1S/C18H15N5O3/c1-10-16(25-9-21-10)18(24)23-7-6-12-14(20-8-19-12)15(23)17-22-11-4-2-3-5-13(11)26-17/h2-5,8-9,15H,6-7H2,1H3,(H,19,20)/t15-/m0/s1. The van der Waals surface area contributed by atoms with Gasteiger partial charge in [-0.05, 0) is 19.1 Å². The van der Waals surface area contributed by atoms with Crippen LogP contribution in [-0.2, 0) is 6.42 Å². The normalized spacial score (nSPS) is 16.8. The van der Waals surface area contributed by atoms with Gasteiger partial charge in [-0.25, -0.2) is 15.0 Å². The Morgan fingerprint density at radius 3 is 3.00 bits per heavy atom. The Bertz CT molecular complexity index is 1080. The highest BCUT2D eigenvalue weighted by Crippen LogP contribution is 2.35. The van der Waals surface area contributed by atoms with Crippen LogP contribution < -0.4 is 0 Å². The van der Waals surface area contributed by atoms with Gasteiger partial charge in [0.25, 0.3) is 5.91 Å². The fraction of sp³-hybridized carbons (Fsp3) is 0.222. The van der Waals surface area contributed by atoms with Crippen molar-refractivity contribution in [1.82, 2.24) is 24.8 Å². The molecular formula is C18H15N5O3. The summed E-state index contributed by atoms with van der Waals surface area (Å²) in [6, 6.07) is 7.00. The van der Waals surface area contributed by atoms with Gasteiger partial charge in [-0.2, -0.15) is 0 Å². The van der Waals surface area contributed by atoms with E-state index >= 15 is 0 Å². The molecule has 0 radical (unpaired) electrons. The van der Waals surface area contributed by atoms with Crippen LogP contribution in [0.4, 0.5) is 0 Å². The molecule has 0 aliphatic carbocycles. The molecule has 4 heterocycles. The number of amides is 1. The van der Waals surface area contributed by atoms with Crippen LogP contribution in [0.1, 0.15) is 39.6 Å². The van der Waals surface area contributed by atoms with E-state index in [1.165, 1.54) is 6.39 Å². The topological polar surface area (TPSA) is 101 Å². The third kappa shape index (κ3) is 2.15. The zero-order valence-corrected chi connectivity index (χ0v) is 14.0. The molecule has 0 bridgehead atoms. The lowest BCUT2D eigenvalue weighted by atomic mass is 10.0. The molecule has 0 unspecified atom stereocenters. The van der Waals surface area contributed by atoms with Gasteiger partial charge in [-0.3, -0.25) is 4.79 Å². The second-order valence-corrected chi connectivity index (χ2v) is 6.20. The molecular weight excluding hydrogens is 334 g/mol. The number of nitrogens with one attached hydrogen (secondary N) is 1. The highest BCUT2D eigenvalue weighted by molar-refractivity contribution is 5.93. The van der Waals surface area contributed by atoms with Crippen molar-refractivity contribution in [1.29, 1.82) is 0 Å². The van der Waals surface area contributed by atoms with Crippen LogP contribution in [-0.4, -0.2) is 37.3 Å². The van der Waals surface area contributed by atoms with Crippen molar-refractivity contribution >= 4 is 17.0 Å². The van der Waals surface area contributed by atoms with Gasteiger partial charge in [0, 0.05) is 18.7 Å². The van der Waals surface area contributed by atoms with Crippen molar-refractivity contribution < 1.29 is 13.6 Å². The molecule has 1 atom stereocenters. The predicted octanol–water partition coefficient (Wildman–Crippen LogP) is 2.64. The number of benzene rings is 1. The minimum Gasteiger partial charge on any atom is -0.438 e. The van der Waals surface area contributed by atoms with E-state index in [4.69, 9.17) is 8.83 Å². The quantitative estimate of drug-likeness (QED) is 0.597. The molecule has 1 amide bonds. The first-order valence-corrected chi connectivity index (χ1v) is 8.31. The third-order valence-electron chi connectivity index (χ3n) is 4.67. The fourth-order valence-corrected chi connectivity index (χ4v) is 3.39. The van der Waals surface area contributed by atoms with E-state index in [9.17, 15) is 4.79 Å². The lowest BCUT2D eigenvalue weighted by Crippen LogP contribution is -2.41. The molecule has 26 heavy (non-hydrogen) atoms. The van der Waals surface area contributed by atoms with E-state index in [0.717, 1.165) is 16.9 Å². The molecule has 0 saturated carbocycles. The molecule has 1 aromatic carbocycles. The SMILES string of the molecule is Cc1ncoc1C(=O)N1CCc2[nH]cnc2[C@H]1c1nc2ccccc2o1. The summed E-state index contributed by atoms with van der Waals surface area (Å²) in [6.07, 6.45) is 3.58. The Morgan fingerprint density at radius 1 is 1.31 bits per heavy atom. The van der Waals surface area contributed by atoms with Crippen LogP contribution in [0.2, 0.25) is 0 Å². The molecule has 0 fully saturated rings. The molecule has 130 valence electrons. The first kappa shape index (κ1) is 14.9. The number of aryl methyl sites for hydroxylation is 1. The Hall–Kier alpha value is -3.42. The lowest BCUT2D eigenvalue weighted by Gasteiger charge is -2.32. The number of oxazole rings is 2. The average Bonchev–Trinajstić information content (AvgIpc) is 3.38. The molecule has 0 saturated heterocycles. The van der Waals surface area contributed by atoms with Gasteiger partial charge in [0.2, 0.25) is 11.7 Å². The Labute approximate surface area is 147 Å². The summed E-state index contributed by atoms with van der Waals surface area (Å²) in [4.78, 5) is 31.0. The van der Waals surface area contributed by atoms with E-state index < -0.39 is 6.04 Å². The summed E-state index contributed by atoms with van der Waals surface area (Å²) >= 11 is 0. The van der Waals surface area contributed by atoms with Crippen LogP contribution in [0.25, 0.3) is 11.1 Å². The number of rotatable bonds is 2. The van der Waals surface area contributed by atoms with Crippen molar-refractivity contribution in [3.63, 3.8) is 0 Å². The van der Waals surface area contributed by atoms with Gasteiger partial charge in [0.05, 0.1) is 17.7 Å². The molecule has 4 aromatic rings. The van der Waals surface area contributed by atoms with Crippen LogP contribution in [0, 0.1) is 6.92 Å². The van der Waals surface area contributed by atoms with Crippen LogP contribution in [0.5, 0.6) is 0 Å².